The van der Waals surface area contributed by atoms with Crippen LogP contribution in [0.15, 0.2) is 48.5 Å². The number of phenolic OH excluding ortho intramolecular Hbond substituents is 1. The molecule has 110 valence electrons. The zero-order valence-electron chi connectivity index (χ0n) is 11.7. The number of benzene rings is 2. The van der Waals surface area contributed by atoms with Crippen LogP contribution in [0, 0.1) is 0 Å². The largest absolute Gasteiger partial charge is 0.507 e. The van der Waals surface area contributed by atoms with Gasteiger partial charge < -0.3 is 14.9 Å². The predicted molar refractivity (Wildman–Crippen MR) is 79.8 cm³/mol. The van der Waals surface area contributed by atoms with E-state index in [4.69, 9.17) is 9.84 Å². The van der Waals surface area contributed by atoms with Crippen LogP contribution in [0.25, 0.3) is 0 Å². The van der Waals surface area contributed by atoms with E-state index in [1.807, 2.05) is 6.07 Å². The third-order valence-electron chi connectivity index (χ3n) is 3.07. The van der Waals surface area contributed by atoms with E-state index >= 15 is 0 Å². The van der Waals surface area contributed by atoms with Crippen LogP contribution >= 0.6 is 0 Å². The molecule has 2 N–H and O–H groups in total. The molecule has 4 heteroatoms. The van der Waals surface area contributed by atoms with Crippen LogP contribution in [0.1, 0.15) is 28.8 Å². The number of carbonyl (C=O) groups is 1. The first kappa shape index (κ1) is 15.1. The lowest BCUT2D eigenvalue weighted by Gasteiger charge is -2.08. The standard InChI is InChI=1S/C17H18O4/c18-10-4-5-11-21-14-8-9-15(16(19)12-14)17(20)13-6-2-1-3-7-13/h1-3,6-9,12,18-19H,4-5,10-11H2. The molecule has 2 rings (SSSR count). The molecular formula is C17H18O4. The molecule has 2 aromatic rings. The average Bonchev–Trinajstić information content (AvgIpc) is 2.52. The number of ether oxygens (including phenoxy) is 1. The summed E-state index contributed by atoms with van der Waals surface area (Å²) in [5.41, 5.74) is 0.785. The highest BCUT2D eigenvalue weighted by Crippen LogP contribution is 2.26. The van der Waals surface area contributed by atoms with Gasteiger partial charge in [-0.15, -0.1) is 0 Å². The first-order valence-corrected chi connectivity index (χ1v) is 6.89. The Morgan fingerprint density at radius 1 is 1.05 bits per heavy atom. The summed E-state index contributed by atoms with van der Waals surface area (Å²) in [6, 6.07) is 13.5. The highest BCUT2D eigenvalue weighted by atomic mass is 16.5. The highest BCUT2D eigenvalue weighted by Gasteiger charge is 2.13. The van der Waals surface area contributed by atoms with E-state index in [2.05, 4.69) is 0 Å². The Morgan fingerprint density at radius 3 is 2.48 bits per heavy atom. The van der Waals surface area contributed by atoms with Crippen molar-refractivity contribution < 1.29 is 19.7 Å². The van der Waals surface area contributed by atoms with Gasteiger partial charge in [-0.2, -0.15) is 0 Å². The van der Waals surface area contributed by atoms with Gasteiger partial charge in [0.25, 0.3) is 0 Å². The molecule has 0 amide bonds. The van der Waals surface area contributed by atoms with Crippen LogP contribution in [0.2, 0.25) is 0 Å². The van der Waals surface area contributed by atoms with Crippen molar-refractivity contribution in [2.75, 3.05) is 13.2 Å². The predicted octanol–water partition coefficient (Wildman–Crippen LogP) is 2.77. The number of hydrogen-bond donors (Lipinski definition) is 2. The maximum atomic E-state index is 12.2. The van der Waals surface area contributed by atoms with Gasteiger partial charge in [-0.05, 0) is 25.0 Å². The lowest BCUT2D eigenvalue weighted by molar-refractivity contribution is 0.103. The lowest BCUT2D eigenvalue weighted by Crippen LogP contribution is -2.03. The molecule has 0 aliphatic rings. The minimum atomic E-state index is -0.222. The molecule has 0 fully saturated rings. The van der Waals surface area contributed by atoms with E-state index in [0.717, 1.165) is 6.42 Å². The number of aliphatic hydroxyl groups excluding tert-OH is 1. The van der Waals surface area contributed by atoms with Crippen LogP contribution in [-0.4, -0.2) is 29.2 Å². The average molecular weight is 286 g/mol. The molecule has 0 saturated heterocycles. The number of hydrogen-bond acceptors (Lipinski definition) is 4. The second kappa shape index (κ2) is 7.45. The number of rotatable bonds is 7. The molecule has 4 nitrogen and oxygen atoms in total. The molecule has 0 bridgehead atoms. The summed E-state index contributed by atoms with van der Waals surface area (Å²) in [4.78, 5) is 12.2. The van der Waals surface area contributed by atoms with Gasteiger partial charge in [0.2, 0.25) is 0 Å². The van der Waals surface area contributed by atoms with Crippen molar-refractivity contribution >= 4 is 5.78 Å². The van der Waals surface area contributed by atoms with E-state index in [1.54, 1.807) is 36.4 Å². The Bertz CT molecular complexity index is 593. The van der Waals surface area contributed by atoms with Crippen LogP contribution < -0.4 is 4.74 Å². The monoisotopic (exact) mass is 286 g/mol. The fourth-order valence-corrected chi connectivity index (χ4v) is 1.94. The van der Waals surface area contributed by atoms with Crippen molar-refractivity contribution in [2.24, 2.45) is 0 Å². The first-order valence-electron chi connectivity index (χ1n) is 6.89. The number of phenols is 1. The van der Waals surface area contributed by atoms with E-state index in [-0.39, 0.29) is 23.7 Å². The number of aromatic hydroxyl groups is 1. The number of unbranched alkanes of at least 4 members (excludes halogenated alkanes) is 1. The van der Waals surface area contributed by atoms with Gasteiger partial charge >= 0.3 is 0 Å². The molecule has 0 radical (unpaired) electrons. The van der Waals surface area contributed by atoms with Crippen LogP contribution in [-0.2, 0) is 0 Å². The van der Waals surface area contributed by atoms with E-state index < -0.39 is 0 Å². The van der Waals surface area contributed by atoms with Crippen LogP contribution in [0.3, 0.4) is 0 Å². The van der Waals surface area contributed by atoms with Gasteiger partial charge in [-0.25, -0.2) is 0 Å². The molecule has 21 heavy (non-hydrogen) atoms. The molecular weight excluding hydrogens is 268 g/mol. The Balaban J connectivity index is 2.07. The van der Waals surface area contributed by atoms with Gasteiger partial charge in [-0.1, -0.05) is 30.3 Å². The third-order valence-corrected chi connectivity index (χ3v) is 3.07. The van der Waals surface area contributed by atoms with E-state index in [1.165, 1.54) is 6.07 Å². The summed E-state index contributed by atoms with van der Waals surface area (Å²) in [6.45, 7) is 0.602. The first-order chi connectivity index (χ1) is 10.2. The normalized spacial score (nSPS) is 10.3. The van der Waals surface area contributed by atoms with Crippen molar-refractivity contribution in [3.63, 3.8) is 0 Å². The van der Waals surface area contributed by atoms with Crippen molar-refractivity contribution in [3.8, 4) is 11.5 Å². The number of carbonyl (C=O) groups excluding carboxylic acids is 1. The number of ketones is 1. The summed E-state index contributed by atoms with van der Waals surface area (Å²) in [5, 5.41) is 18.7. The third kappa shape index (κ3) is 4.07. The topological polar surface area (TPSA) is 66.8 Å². The fourth-order valence-electron chi connectivity index (χ4n) is 1.94. The summed E-state index contributed by atoms with van der Waals surface area (Å²) in [6.07, 6.45) is 1.42. The van der Waals surface area contributed by atoms with Crippen molar-refractivity contribution in [1.29, 1.82) is 0 Å². The summed E-state index contributed by atoms with van der Waals surface area (Å²) in [7, 11) is 0. The minimum absolute atomic E-state index is 0.0940. The van der Waals surface area contributed by atoms with E-state index in [9.17, 15) is 9.90 Å². The second-order valence-electron chi connectivity index (χ2n) is 4.65. The number of aliphatic hydroxyl groups is 1. The lowest BCUT2D eigenvalue weighted by atomic mass is 10.0. The maximum Gasteiger partial charge on any atom is 0.196 e. The van der Waals surface area contributed by atoms with Crippen LogP contribution in [0.4, 0.5) is 0 Å². The van der Waals surface area contributed by atoms with Crippen molar-refractivity contribution in [1.82, 2.24) is 0 Å². The van der Waals surface area contributed by atoms with Gasteiger partial charge in [-0.3, -0.25) is 4.79 Å². The molecule has 0 aliphatic carbocycles. The Labute approximate surface area is 123 Å². The Kier molecular flexibility index (Phi) is 5.35. The van der Waals surface area contributed by atoms with Crippen molar-refractivity contribution in [3.05, 3.63) is 59.7 Å². The molecule has 0 aromatic heterocycles. The molecule has 0 heterocycles. The van der Waals surface area contributed by atoms with Gasteiger partial charge in [0.1, 0.15) is 11.5 Å². The van der Waals surface area contributed by atoms with Crippen LogP contribution in [0.5, 0.6) is 11.5 Å². The Hall–Kier alpha value is -2.33. The van der Waals surface area contributed by atoms with E-state index in [0.29, 0.717) is 24.3 Å². The summed E-state index contributed by atoms with van der Waals surface area (Å²) in [5.74, 6) is 0.193. The molecule has 0 spiro atoms. The molecule has 0 unspecified atom stereocenters. The maximum absolute atomic E-state index is 12.2. The second-order valence-corrected chi connectivity index (χ2v) is 4.65. The summed E-state index contributed by atoms with van der Waals surface area (Å²) >= 11 is 0. The van der Waals surface area contributed by atoms with Gasteiger partial charge in [0.05, 0.1) is 12.2 Å². The fraction of sp³-hybridized carbons (Fsp3) is 0.235. The minimum Gasteiger partial charge on any atom is -0.507 e. The quantitative estimate of drug-likeness (QED) is 0.606. The zero-order chi connectivity index (χ0) is 15.1. The Morgan fingerprint density at radius 2 is 1.81 bits per heavy atom. The smallest absolute Gasteiger partial charge is 0.196 e. The molecule has 2 aromatic carbocycles. The zero-order valence-corrected chi connectivity index (χ0v) is 11.7. The summed E-state index contributed by atoms with van der Waals surface area (Å²) < 4.78 is 5.45. The highest BCUT2D eigenvalue weighted by molar-refractivity contribution is 6.10. The molecule has 0 atom stereocenters. The molecule has 0 aliphatic heterocycles. The van der Waals surface area contributed by atoms with Gasteiger partial charge in [0.15, 0.2) is 5.78 Å². The van der Waals surface area contributed by atoms with Gasteiger partial charge in [0, 0.05) is 18.2 Å². The SMILES string of the molecule is O=C(c1ccccc1)c1ccc(OCCCCO)cc1O. The van der Waals surface area contributed by atoms with Crippen molar-refractivity contribution in [2.45, 2.75) is 12.8 Å². The molecule has 0 saturated carbocycles.